The lowest BCUT2D eigenvalue weighted by Crippen LogP contribution is -2.47. The van der Waals surface area contributed by atoms with Crippen LogP contribution in [0, 0.1) is 5.82 Å². The van der Waals surface area contributed by atoms with E-state index >= 15 is 0 Å². The standard InChI is InChI=1S/C41H34Cl2FN7O/c1-26(27-13-15-29(42)16-14-27)51-25-46-37(28-8-3-2-4-9-28)39(51)36-31-18-17-30(43)24-34(31)47-38(36)41(52)48-33-11-7-19-45-40(33)50-22-20-49(21-23-50)35-12-6-5-10-32(35)44/h2-19,24-26,47H,20-23H2,1H3,(H,48,52). The summed E-state index contributed by atoms with van der Waals surface area (Å²) in [6.45, 7) is 4.52. The van der Waals surface area contributed by atoms with Crippen LogP contribution in [0.25, 0.3) is 33.4 Å². The van der Waals surface area contributed by atoms with Gasteiger partial charge in [0.2, 0.25) is 0 Å². The molecule has 1 saturated heterocycles. The molecule has 0 bridgehead atoms. The number of imidazole rings is 1. The van der Waals surface area contributed by atoms with Gasteiger partial charge in [-0.1, -0.05) is 83.9 Å². The highest BCUT2D eigenvalue weighted by Gasteiger charge is 2.29. The molecule has 1 atom stereocenters. The summed E-state index contributed by atoms with van der Waals surface area (Å²) in [5.41, 5.74) is 6.40. The van der Waals surface area contributed by atoms with Crippen molar-refractivity contribution in [3.8, 4) is 22.5 Å². The van der Waals surface area contributed by atoms with Gasteiger partial charge in [-0.05, 0) is 61.0 Å². The van der Waals surface area contributed by atoms with E-state index in [2.05, 4.69) is 31.7 Å². The highest BCUT2D eigenvalue weighted by molar-refractivity contribution is 6.31. The summed E-state index contributed by atoms with van der Waals surface area (Å²) in [6.07, 6.45) is 3.54. The fourth-order valence-corrected chi connectivity index (χ4v) is 7.29. The van der Waals surface area contributed by atoms with Crippen molar-refractivity contribution >= 4 is 57.2 Å². The van der Waals surface area contributed by atoms with Crippen LogP contribution in [0.4, 0.5) is 21.6 Å². The van der Waals surface area contributed by atoms with Crippen LogP contribution in [0.1, 0.15) is 29.0 Å². The molecular weight excluding hydrogens is 696 g/mol. The van der Waals surface area contributed by atoms with E-state index in [-0.39, 0.29) is 17.8 Å². The van der Waals surface area contributed by atoms with Crippen LogP contribution in [-0.4, -0.2) is 51.6 Å². The number of aromatic nitrogens is 4. The van der Waals surface area contributed by atoms with Gasteiger partial charge in [0.05, 0.1) is 35.1 Å². The molecule has 3 aromatic heterocycles. The first-order valence-corrected chi connectivity index (χ1v) is 17.8. The molecule has 1 unspecified atom stereocenters. The summed E-state index contributed by atoms with van der Waals surface area (Å²) in [4.78, 5) is 31.8. The molecule has 8 nitrogen and oxygen atoms in total. The summed E-state index contributed by atoms with van der Waals surface area (Å²) < 4.78 is 16.7. The molecule has 1 aliphatic rings. The highest BCUT2D eigenvalue weighted by Crippen LogP contribution is 2.42. The van der Waals surface area contributed by atoms with Gasteiger partial charge in [-0.25, -0.2) is 14.4 Å². The zero-order chi connectivity index (χ0) is 35.8. The Morgan fingerprint density at radius 3 is 2.31 bits per heavy atom. The zero-order valence-electron chi connectivity index (χ0n) is 28.2. The number of nitrogens with zero attached hydrogens (tertiary/aromatic N) is 5. The maximum absolute atomic E-state index is 14.6. The molecule has 0 aliphatic carbocycles. The van der Waals surface area contributed by atoms with E-state index in [0.29, 0.717) is 70.2 Å². The Morgan fingerprint density at radius 1 is 0.827 bits per heavy atom. The topological polar surface area (TPSA) is 82.1 Å². The van der Waals surface area contributed by atoms with Gasteiger partial charge in [-0.3, -0.25) is 4.79 Å². The number of piperazine rings is 1. The number of hydrogen-bond donors (Lipinski definition) is 2. The number of pyridine rings is 1. The van der Waals surface area contributed by atoms with Gasteiger partial charge in [-0.15, -0.1) is 0 Å². The number of amides is 1. The number of H-pyrrole nitrogens is 1. The van der Waals surface area contributed by atoms with E-state index in [1.807, 2.05) is 96.2 Å². The second kappa shape index (κ2) is 14.2. The molecule has 4 aromatic carbocycles. The monoisotopic (exact) mass is 729 g/mol. The number of benzene rings is 4. The van der Waals surface area contributed by atoms with Crippen LogP contribution in [0.15, 0.2) is 122 Å². The Labute approximate surface area is 310 Å². The number of aromatic amines is 1. The lowest BCUT2D eigenvalue weighted by molar-refractivity contribution is 0.102. The number of rotatable bonds is 8. The first kappa shape index (κ1) is 33.5. The number of carbonyl (C=O) groups excluding carboxylic acids is 1. The van der Waals surface area contributed by atoms with E-state index in [9.17, 15) is 9.18 Å². The third kappa shape index (κ3) is 6.38. The molecule has 4 heterocycles. The van der Waals surface area contributed by atoms with Crippen LogP contribution in [0.3, 0.4) is 0 Å². The Balaban J connectivity index is 1.19. The molecule has 1 amide bonds. The largest absolute Gasteiger partial charge is 0.366 e. The number of carbonyl (C=O) groups is 1. The number of anilines is 3. The van der Waals surface area contributed by atoms with Crippen molar-refractivity contribution in [1.82, 2.24) is 19.5 Å². The average Bonchev–Trinajstić information content (AvgIpc) is 3.77. The molecule has 11 heteroatoms. The molecular formula is C41H34Cl2FN7O. The van der Waals surface area contributed by atoms with Crippen LogP contribution in [0.2, 0.25) is 10.0 Å². The van der Waals surface area contributed by atoms with Gasteiger partial charge in [0.15, 0.2) is 5.82 Å². The Kier molecular flexibility index (Phi) is 9.13. The second-order valence-electron chi connectivity index (χ2n) is 12.8. The van der Waals surface area contributed by atoms with Crippen LogP contribution in [-0.2, 0) is 0 Å². The molecule has 0 saturated carbocycles. The molecule has 1 fully saturated rings. The normalized spacial score (nSPS) is 13.8. The Hall–Kier alpha value is -5.64. The fraction of sp³-hybridized carbons (Fsp3) is 0.146. The minimum atomic E-state index is -0.340. The van der Waals surface area contributed by atoms with Gasteiger partial charge < -0.3 is 24.7 Å². The molecule has 260 valence electrons. The quantitative estimate of drug-likeness (QED) is 0.163. The second-order valence-corrected chi connectivity index (χ2v) is 13.6. The van der Waals surface area contributed by atoms with Crippen molar-refractivity contribution in [2.45, 2.75) is 13.0 Å². The summed E-state index contributed by atoms with van der Waals surface area (Å²) in [7, 11) is 0. The molecule has 0 radical (unpaired) electrons. The summed E-state index contributed by atoms with van der Waals surface area (Å²) >= 11 is 12.7. The highest BCUT2D eigenvalue weighted by atomic mass is 35.5. The smallest absolute Gasteiger partial charge is 0.272 e. The van der Waals surface area contributed by atoms with Crippen molar-refractivity contribution in [2.75, 3.05) is 41.3 Å². The summed E-state index contributed by atoms with van der Waals surface area (Å²) in [5, 5.41) is 5.20. The Bertz CT molecular complexity index is 2380. The minimum Gasteiger partial charge on any atom is -0.366 e. The maximum atomic E-state index is 14.6. The molecule has 1 aliphatic heterocycles. The average molecular weight is 731 g/mol. The molecule has 0 spiro atoms. The van der Waals surface area contributed by atoms with E-state index in [1.165, 1.54) is 6.07 Å². The molecule has 52 heavy (non-hydrogen) atoms. The maximum Gasteiger partial charge on any atom is 0.272 e. The van der Waals surface area contributed by atoms with Crippen LogP contribution < -0.4 is 15.1 Å². The van der Waals surface area contributed by atoms with E-state index in [4.69, 9.17) is 28.2 Å². The number of hydrogen-bond acceptors (Lipinski definition) is 5. The van der Waals surface area contributed by atoms with Gasteiger partial charge >= 0.3 is 0 Å². The first-order chi connectivity index (χ1) is 25.4. The predicted molar refractivity (Wildman–Crippen MR) is 208 cm³/mol. The fourth-order valence-electron chi connectivity index (χ4n) is 7.00. The third-order valence-corrected chi connectivity index (χ3v) is 10.1. The van der Waals surface area contributed by atoms with Gasteiger partial charge in [-0.2, -0.15) is 0 Å². The number of fused-ring (bicyclic) bond motifs is 1. The van der Waals surface area contributed by atoms with Gasteiger partial charge in [0.25, 0.3) is 5.91 Å². The number of halogens is 3. The van der Waals surface area contributed by atoms with Crippen molar-refractivity contribution in [3.63, 3.8) is 0 Å². The van der Waals surface area contributed by atoms with E-state index in [1.54, 1.807) is 24.4 Å². The van der Waals surface area contributed by atoms with E-state index < -0.39 is 0 Å². The van der Waals surface area contributed by atoms with Crippen molar-refractivity contribution in [1.29, 1.82) is 0 Å². The first-order valence-electron chi connectivity index (χ1n) is 17.1. The predicted octanol–water partition coefficient (Wildman–Crippen LogP) is 9.73. The number of para-hydroxylation sites is 1. The van der Waals surface area contributed by atoms with Crippen LogP contribution in [0.5, 0.6) is 0 Å². The minimum absolute atomic E-state index is 0.154. The zero-order valence-corrected chi connectivity index (χ0v) is 29.7. The van der Waals surface area contributed by atoms with Crippen LogP contribution >= 0.6 is 23.2 Å². The summed E-state index contributed by atoms with van der Waals surface area (Å²) in [6, 6.07) is 33.6. The van der Waals surface area contributed by atoms with Crippen molar-refractivity contribution < 1.29 is 9.18 Å². The Morgan fingerprint density at radius 2 is 1.54 bits per heavy atom. The summed E-state index contributed by atoms with van der Waals surface area (Å²) in [5.74, 6) is 0.0695. The molecule has 2 N–H and O–H groups in total. The SMILES string of the molecule is CC(c1ccc(Cl)cc1)n1cnc(-c2ccccc2)c1-c1c(C(=O)Nc2cccnc2N2CCN(c3ccccc3F)CC2)[nH]c2cc(Cl)ccc12. The van der Waals surface area contributed by atoms with Gasteiger partial charge in [0, 0.05) is 64.5 Å². The van der Waals surface area contributed by atoms with Gasteiger partial charge in [0.1, 0.15) is 11.5 Å². The molecule has 7 aromatic rings. The number of nitrogens with one attached hydrogen (secondary N) is 2. The van der Waals surface area contributed by atoms with Crippen molar-refractivity contribution in [2.24, 2.45) is 0 Å². The van der Waals surface area contributed by atoms with Crippen molar-refractivity contribution in [3.05, 3.63) is 149 Å². The van der Waals surface area contributed by atoms with E-state index in [0.717, 1.165) is 27.9 Å². The third-order valence-electron chi connectivity index (χ3n) is 9.64. The lowest BCUT2D eigenvalue weighted by Gasteiger charge is -2.37. The molecule has 8 rings (SSSR count). The lowest BCUT2D eigenvalue weighted by atomic mass is 9.99.